The SMILES string of the molecule is CNCC1(CN2CCC(C)C2CO)CCCCC1. The molecule has 1 saturated carbocycles. The first-order valence-electron chi connectivity index (χ1n) is 7.70. The topological polar surface area (TPSA) is 35.5 Å². The van der Waals surface area contributed by atoms with Crippen LogP contribution in [-0.4, -0.2) is 49.3 Å². The number of likely N-dealkylation sites (tertiary alicyclic amines) is 1. The standard InChI is InChI=1S/C15H30N2O/c1-13-6-9-17(14(13)10-18)12-15(11-16-2)7-4-3-5-8-15/h13-14,16,18H,3-12H2,1-2H3. The summed E-state index contributed by atoms with van der Waals surface area (Å²) in [6, 6.07) is 0.403. The number of rotatable bonds is 5. The van der Waals surface area contributed by atoms with E-state index in [1.54, 1.807) is 0 Å². The average molecular weight is 254 g/mol. The Kier molecular flexibility index (Phi) is 5.05. The van der Waals surface area contributed by atoms with Crippen molar-refractivity contribution >= 4 is 0 Å². The molecule has 2 aliphatic rings. The van der Waals surface area contributed by atoms with Crippen LogP contribution in [0.3, 0.4) is 0 Å². The lowest BCUT2D eigenvalue weighted by atomic mass is 9.73. The fraction of sp³-hybridized carbons (Fsp3) is 1.00. The summed E-state index contributed by atoms with van der Waals surface area (Å²) in [5.74, 6) is 0.658. The van der Waals surface area contributed by atoms with Crippen LogP contribution >= 0.6 is 0 Å². The van der Waals surface area contributed by atoms with Gasteiger partial charge < -0.3 is 10.4 Å². The van der Waals surface area contributed by atoms with Gasteiger partial charge in [0, 0.05) is 19.1 Å². The Balaban J connectivity index is 1.99. The molecule has 2 rings (SSSR count). The molecule has 0 spiro atoms. The molecular weight excluding hydrogens is 224 g/mol. The molecule has 0 aromatic carbocycles. The maximum absolute atomic E-state index is 9.59. The largest absolute Gasteiger partial charge is 0.395 e. The summed E-state index contributed by atoms with van der Waals surface area (Å²) in [5.41, 5.74) is 0.463. The average Bonchev–Trinajstić information content (AvgIpc) is 2.71. The fourth-order valence-corrected chi connectivity index (χ4v) is 4.08. The van der Waals surface area contributed by atoms with Crippen molar-refractivity contribution in [2.75, 3.05) is 33.3 Å². The molecule has 0 amide bonds. The maximum Gasteiger partial charge on any atom is 0.0589 e. The van der Waals surface area contributed by atoms with E-state index in [1.807, 2.05) is 0 Å². The first-order chi connectivity index (χ1) is 8.71. The lowest BCUT2D eigenvalue weighted by molar-refractivity contribution is 0.0666. The smallest absolute Gasteiger partial charge is 0.0589 e. The minimum Gasteiger partial charge on any atom is -0.395 e. The molecule has 0 radical (unpaired) electrons. The Labute approximate surface area is 112 Å². The summed E-state index contributed by atoms with van der Waals surface area (Å²) in [6.45, 7) is 6.11. The van der Waals surface area contributed by atoms with E-state index in [1.165, 1.54) is 51.6 Å². The second-order valence-electron chi connectivity index (χ2n) is 6.58. The predicted molar refractivity (Wildman–Crippen MR) is 75.7 cm³/mol. The van der Waals surface area contributed by atoms with Crippen LogP contribution in [0.5, 0.6) is 0 Å². The number of aliphatic hydroxyl groups is 1. The molecule has 2 atom stereocenters. The summed E-state index contributed by atoms with van der Waals surface area (Å²) in [6.07, 6.45) is 8.14. The van der Waals surface area contributed by atoms with Crippen LogP contribution in [0.4, 0.5) is 0 Å². The molecule has 2 unspecified atom stereocenters. The zero-order chi connectivity index (χ0) is 13.0. The van der Waals surface area contributed by atoms with Gasteiger partial charge in [-0.3, -0.25) is 4.90 Å². The summed E-state index contributed by atoms with van der Waals surface area (Å²) in [5, 5.41) is 13.0. The Bertz CT molecular complexity index is 245. The molecule has 1 aliphatic carbocycles. The summed E-state index contributed by atoms with van der Waals surface area (Å²) < 4.78 is 0. The van der Waals surface area contributed by atoms with E-state index in [0.29, 0.717) is 24.0 Å². The Morgan fingerprint density at radius 3 is 2.61 bits per heavy atom. The van der Waals surface area contributed by atoms with Crippen LogP contribution in [0.2, 0.25) is 0 Å². The number of aliphatic hydroxyl groups excluding tert-OH is 1. The normalized spacial score (nSPS) is 32.8. The van der Waals surface area contributed by atoms with Gasteiger partial charge in [-0.15, -0.1) is 0 Å². The number of nitrogens with zero attached hydrogens (tertiary/aromatic N) is 1. The van der Waals surface area contributed by atoms with E-state index in [9.17, 15) is 5.11 Å². The van der Waals surface area contributed by atoms with Gasteiger partial charge in [0.15, 0.2) is 0 Å². The summed E-state index contributed by atoms with van der Waals surface area (Å²) >= 11 is 0. The number of hydrogen-bond donors (Lipinski definition) is 2. The molecule has 3 nitrogen and oxygen atoms in total. The van der Waals surface area contributed by atoms with E-state index in [0.717, 1.165) is 6.54 Å². The minimum atomic E-state index is 0.330. The van der Waals surface area contributed by atoms with Crippen LogP contribution in [0, 0.1) is 11.3 Å². The van der Waals surface area contributed by atoms with Gasteiger partial charge in [-0.1, -0.05) is 26.2 Å². The second kappa shape index (κ2) is 6.36. The highest BCUT2D eigenvalue weighted by molar-refractivity contribution is 4.92. The molecular formula is C15H30N2O. The third-order valence-corrected chi connectivity index (χ3v) is 5.19. The third-order valence-electron chi connectivity index (χ3n) is 5.19. The van der Waals surface area contributed by atoms with E-state index in [-0.39, 0.29) is 0 Å². The predicted octanol–water partition coefficient (Wildman–Crippen LogP) is 1.86. The van der Waals surface area contributed by atoms with E-state index >= 15 is 0 Å². The first-order valence-corrected chi connectivity index (χ1v) is 7.70. The van der Waals surface area contributed by atoms with E-state index < -0.39 is 0 Å². The van der Waals surface area contributed by atoms with Crippen molar-refractivity contribution in [2.45, 2.75) is 51.5 Å². The van der Waals surface area contributed by atoms with Crippen molar-refractivity contribution in [3.05, 3.63) is 0 Å². The quantitative estimate of drug-likeness (QED) is 0.786. The van der Waals surface area contributed by atoms with Crippen molar-refractivity contribution in [1.29, 1.82) is 0 Å². The van der Waals surface area contributed by atoms with Gasteiger partial charge in [-0.25, -0.2) is 0 Å². The van der Waals surface area contributed by atoms with Gasteiger partial charge in [-0.2, -0.15) is 0 Å². The van der Waals surface area contributed by atoms with Crippen LogP contribution in [0.15, 0.2) is 0 Å². The molecule has 1 aliphatic heterocycles. The highest BCUT2D eigenvalue weighted by Crippen LogP contribution is 2.38. The van der Waals surface area contributed by atoms with Crippen molar-refractivity contribution < 1.29 is 5.11 Å². The van der Waals surface area contributed by atoms with E-state index in [2.05, 4.69) is 24.2 Å². The molecule has 0 aromatic rings. The van der Waals surface area contributed by atoms with Crippen LogP contribution < -0.4 is 5.32 Å². The Morgan fingerprint density at radius 2 is 2.00 bits per heavy atom. The number of nitrogens with one attached hydrogen (secondary N) is 1. The molecule has 2 N–H and O–H groups in total. The molecule has 3 heteroatoms. The summed E-state index contributed by atoms with van der Waals surface area (Å²) in [4.78, 5) is 2.56. The highest BCUT2D eigenvalue weighted by atomic mass is 16.3. The van der Waals surface area contributed by atoms with Gasteiger partial charge in [0.1, 0.15) is 0 Å². The zero-order valence-corrected chi connectivity index (χ0v) is 12.1. The van der Waals surface area contributed by atoms with Crippen molar-refractivity contribution in [1.82, 2.24) is 10.2 Å². The lowest BCUT2D eigenvalue weighted by Crippen LogP contribution is -2.47. The van der Waals surface area contributed by atoms with Crippen molar-refractivity contribution in [3.63, 3.8) is 0 Å². The maximum atomic E-state index is 9.59. The summed E-state index contributed by atoms with van der Waals surface area (Å²) in [7, 11) is 2.08. The van der Waals surface area contributed by atoms with Gasteiger partial charge in [0.2, 0.25) is 0 Å². The van der Waals surface area contributed by atoms with Gasteiger partial charge >= 0.3 is 0 Å². The van der Waals surface area contributed by atoms with Gasteiger partial charge in [0.05, 0.1) is 6.61 Å². The number of hydrogen-bond acceptors (Lipinski definition) is 3. The second-order valence-corrected chi connectivity index (χ2v) is 6.58. The van der Waals surface area contributed by atoms with E-state index in [4.69, 9.17) is 0 Å². The molecule has 0 aromatic heterocycles. The minimum absolute atomic E-state index is 0.330. The molecule has 106 valence electrons. The van der Waals surface area contributed by atoms with Crippen LogP contribution in [-0.2, 0) is 0 Å². The monoisotopic (exact) mass is 254 g/mol. The van der Waals surface area contributed by atoms with Crippen LogP contribution in [0.1, 0.15) is 45.4 Å². The first kappa shape index (κ1) is 14.3. The van der Waals surface area contributed by atoms with Gasteiger partial charge in [-0.05, 0) is 44.2 Å². The molecule has 2 fully saturated rings. The van der Waals surface area contributed by atoms with Crippen molar-refractivity contribution in [2.24, 2.45) is 11.3 Å². The van der Waals surface area contributed by atoms with Gasteiger partial charge in [0.25, 0.3) is 0 Å². The molecule has 1 saturated heterocycles. The Hall–Kier alpha value is -0.120. The highest BCUT2D eigenvalue weighted by Gasteiger charge is 2.38. The third kappa shape index (κ3) is 3.06. The van der Waals surface area contributed by atoms with Crippen LogP contribution in [0.25, 0.3) is 0 Å². The fourth-order valence-electron chi connectivity index (χ4n) is 4.08. The molecule has 18 heavy (non-hydrogen) atoms. The lowest BCUT2D eigenvalue weighted by Gasteiger charge is -2.42. The van der Waals surface area contributed by atoms with Crippen molar-refractivity contribution in [3.8, 4) is 0 Å². The molecule has 0 bridgehead atoms. The zero-order valence-electron chi connectivity index (χ0n) is 12.1. The molecule has 1 heterocycles. The Morgan fingerprint density at radius 1 is 1.28 bits per heavy atom.